The van der Waals surface area contributed by atoms with Crippen molar-refractivity contribution in [3.8, 4) is 0 Å². The molecule has 4 heteroatoms. The lowest BCUT2D eigenvalue weighted by molar-refractivity contribution is 0.326. The van der Waals surface area contributed by atoms with Crippen LogP contribution in [0.25, 0.3) is 0 Å². The van der Waals surface area contributed by atoms with E-state index in [0.29, 0.717) is 23.7 Å². The van der Waals surface area contributed by atoms with Crippen LogP contribution in [-0.4, -0.2) is 16.2 Å². The van der Waals surface area contributed by atoms with Gasteiger partial charge >= 0.3 is 0 Å². The summed E-state index contributed by atoms with van der Waals surface area (Å²) in [7, 11) is 0. The van der Waals surface area contributed by atoms with Crippen molar-refractivity contribution in [2.75, 3.05) is 0 Å². The predicted molar refractivity (Wildman–Crippen MR) is 81.9 cm³/mol. The van der Waals surface area contributed by atoms with Gasteiger partial charge in [-0.2, -0.15) is 0 Å². The van der Waals surface area contributed by atoms with Gasteiger partial charge in [0.2, 0.25) is 11.8 Å². The van der Waals surface area contributed by atoms with Gasteiger partial charge < -0.3 is 9.73 Å². The summed E-state index contributed by atoms with van der Waals surface area (Å²) < 4.78 is 5.52. The van der Waals surface area contributed by atoms with Crippen LogP contribution in [0.3, 0.4) is 0 Å². The molecule has 0 radical (unpaired) electrons. The van der Waals surface area contributed by atoms with Gasteiger partial charge in [-0.1, -0.05) is 36.8 Å². The molecule has 1 aromatic heterocycles. The molecular formula is C17H23N3O. The average Bonchev–Trinajstić information content (AvgIpc) is 3.10. The fourth-order valence-electron chi connectivity index (χ4n) is 3.30. The predicted octanol–water partition coefficient (Wildman–Crippen LogP) is 3.44. The van der Waals surface area contributed by atoms with Crippen molar-refractivity contribution in [3.05, 3.63) is 47.7 Å². The maximum absolute atomic E-state index is 5.52. The molecule has 0 spiro atoms. The Kier molecular flexibility index (Phi) is 4.34. The van der Waals surface area contributed by atoms with Gasteiger partial charge in [-0.3, -0.25) is 0 Å². The summed E-state index contributed by atoms with van der Waals surface area (Å²) in [5.41, 5.74) is 1.43. The number of benzene rings is 1. The summed E-state index contributed by atoms with van der Waals surface area (Å²) in [6.07, 6.45) is 4.97. The lowest BCUT2D eigenvalue weighted by Gasteiger charge is -2.23. The van der Waals surface area contributed by atoms with Crippen molar-refractivity contribution >= 4 is 0 Å². The van der Waals surface area contributed by atoms with E-state index in [1.165, 1.54) is 24.8 Å². The largest absolute Gasteiger partial charge is 0.424 e. The molecule has 21 heavy (non-hydrogen) atoms. The first-order valence-electron chi connectivity index (χ1n) is 7.82. The zero-order chi connectivity index (χ0) is 14.7. The number of nitrogens with zero attached hydrogens (tertiary/aromatic N) is 2. The average molecular weight is 285 g/mol. The molecule has 4 nitrogen and oxygen atoms in total. The van der Waals surface area contributed by atoms with Crippen molar-refractivity contribution in [1.29, 1.82) is 0 Å². The fourth-order valence-corrected chi connectivity index (χ4v) is 3.30. The first-order chi connectivity index (χ1) is 10.2. The van der Waals surface area contributed by atoms with Crippen LogP contribution in [0.2, 0.25) is 0 Å². The highest BCUT2D eigenvalue weighted by atomic mass is 16.4. The van der Waals surface area contributed by atoms with E-state index in [2.05, 4.69) is 52.8 Å². The summed E-state index contributed by atoms with van der Waals surface area (Å²) >= 11 is 0. The number of aromatic nitrogens is 2. The van der Waals surface area contributed by atoms with E-state index in [9.17, 15) is 0 Å². The highest BCUT2D eigenvalue weighted by Crippen LogP contribution is 2.30. The van der Waals surface area contributed by atoms with Crippen LogP contribution in [-0.2, 0) is 6.42 Å². The van der Waals surface area contributed by atoms with Crippen molar-refractivity contribution < 1.29 is 4.42 Å². The van der Waals surface area contributed by atoms with Gasteiger partial charge in [0.1, 0.15) is 0 Å². The lowest BCUT2D eigenvalue weighted by atomic mass is 9.94. The van der Waals surface area contributed by atoms with Crippen LogP contribution in [0.1, 0.15) is 49.6 Å². The zero-order valence-corrected chi connectivity index (χ0v) is 12.7. The van der Waals surface area contributed by atoms with Crippen LogP contribution in [0.5, 0.6) is 0 Å². The van der Waals surface area contributed by atoms with E-state index in [1.54, 1.807) is 0 Å². The van der Waals surface area contributed by atoms with E-state index in [1.807, 2.05) is 6.92 Å². The molecule has 0 unspecified atom stereocenters. The number of rotatable bonds is 5. The smallest absolute Gasteiger partial charge is 0.233 e. The van der Waals surface area contributed by atoms with E-state index >= 15 is 0 Å². The molecule has 1 saturated carbocycles. The van der Waals surface area contributed by atoms with Crippen LogP contribution < -0.4 is 5.32 Å². The summed E-state index contributed by atoms with van der Waals surface area (Å²) in [6.45, 7) is 3.93. The third kappa shape index (κ3) is 3.50. The molecule has 1 N–H and O–H groups in total. The van der Waals surface area contributed by atoms with Gasteiger partial charge in [-0.05, 0) is 37.7 Å². The Morgan fingerprint density at radius 1 is 1.24 bits per heavy atom. The number of aryl methyl sites for hydroxylation is 1. The molecule has 1 aliphatic rings. The SMILES string of the molecule is Cc1nnc([C@H](C)N[C@H]2CCC[C@H]2Cc2ccccc2)o1. The van der Waals surface area contributed by atoms with Crippen molar-refractivity contribution in [2.45, 2.75) is 51.6 Å². The van der Waals surface area contributed by atoms with Crippen molar-refractivity contribution in [3.63, 3.8) is 0 Å². The Bertz CT molecular complexity index is 566. The molecule has 0 bridgehead atoms. The third-order valence-electron chi connectivity index (χ3n) is 4.38. The molecule has 2 aromatic rings. The summed E-state index contributed by atoms with van der Waals surface area (Å²) in [5.74, 6) is 2.02. The molecule has 1 aliphatic carbocycles. The first-order valence-corrected chi connectivity index (χ1v) is 7.82. The normalized spacial score (nSPS) is 23.3. The summed E-state index contributed by atoms with van der Waals surface area (Å²) in [6, 6.07) is 11.4. The molecule has 1 aromatic carbocycles. The monoisotopic (exact) mass is 285 g/mol. The molecule has 1 heterocycles. The Balaban J connectivity index is 1.61. The van der Waals surface area contributed by atoms with E-state index in [0.717, 1.165) is 6.42 Å². The fraction of sp³-hybridized carbons (Fsp3) is 0.529. The molecule has 3 atom stereocenters. The van der Waals surface area contributed by atoms with E-state index < -0.39 is 0 Å². The molecule has 3 rings (SSSR count). The number of hydrogen-bond donors (Lipinski definition) is 1. The quantitative estimate of drug-likeness (QED) is 0.914. The van der Waals surface area contributed by atoms with Gasteiger partial charge in [0.25, 0.3) is 0 Å². The molecule has 112 valence electrons. The Hall–Kier alpha value is -1.68. The van der Waals surface area contributed by atoms with Crippen LogP contribution >= 0.6 is 0 Å². The van der Waals surface area contributed by atoms with Crippen LogP contribution in [0, 0.1) is 12.8 Å². The molecular weight excluding hydrogens is 262 g/mol. The van der Waals surface area contributed by atoms with Crippen molar-refractivity contribution in [1.82, 2.24) is 15.5 Å². The third-order valence-corrected chi connectivity index (χ3v) is 4.38. The van der Waals surface area contributed by atoms with Gasteiger partial charge in [0.05, 0.1) is 6.04 Å². The first kappa shape index (κ1) is 14.3. The maximum Gasteiger partial charge on any atom is 0.233 e. The number of nitrogens with one attached hydrogen (secondary N) is 1. The Labute approximate surface area is 126 Å². The van der Waals surface area contributed by atoms with E-state index in [4.69, 9.17) is 4.42 Å². The summed E-state index contributed by atoms with van der Waals surface area (Å²) in [4.78, 5) is 0. The van der Waals surface area contributed by atoms with Crippen LogP contribution in [0.15, 0.2) is 34.7 Å². The second-order valence-corrected chi connectivity index (χ2v) is 6.03. The van der Waals surface area contributed by atoms with E-state index in [-0.39, 0.29) is 6.04 Å². The second-order valence-electron chi connectivity index (χ2n) is 6.03. The van der Waals surface area contributed by atoms with Gasteiger partial charge in [-0.15, -0.1) is 10.2 Å². The highest BCUT2D eigenvalue weighted by molar-refractivity contribution is 5.16. The van der Waals surface area contributed by atoms with Gasteiger partial charge in [0, 0.05) is 13.0 Å². The topological polar surface area (TPSA) is 51.0 Å². The summed E-state index contributed by atoms with van der Waals surface area (Å²) in [5, 5.41) is 11.7. The minimum absolute atomic E-state index is 0.118. The second kappa shape index (κ2) is 6.39. The standard InChI is InChI=1S/C17H23N3O/c1-12(17-20-19-13(2)21-17)18-16-10-6-9-15(16)11-14-7-4-3-5-8-14/h3-5,7-8,12,15-16,18H,6,9-11H2,1-2H3/t12-,15-,16-/m0/s1. The molecule has 0 amide bonds. The maximum atomic E-state index is 5.52. The minimum Gasteiger partial charge on any atom is -0.424 e. The lowest BCUT2D eigenvalue weighted by Crippen LogP contribution is -2.35. The van der Waals surface area contributed by atoms with Gasteiger partial charge in [-0.25, -0.2) is 0 Å². The number of hydrogen-bond acceptors (Lipinski definition) is 4. The molecule has 1 fully saturated rings. The zero-order valence-electron chi connectivity index (χ0n) is 12.7. The van der Waals surface area contributed by atoms with Gasteiger partial charge in [0.15, 0.2) is 0 Å². The minimum atomic E-state index is 0.118. The Morgan fingerprint density at radius 3 is 2.76 bits per heavy atom. The Morgan fingerprint density at radius 2 is 2.05 bits per heavy atom. The van der Waals surface area contributed by atoms with Crippen LogP contribution in [0.4, 0.5) is 0 Å². The highest BCUT2D eigenvalue weighted by Gasteiger charge is 2.29. The molecule has 0 aliphatic heterocycles. The van der Waals surface area contributed by atoms with Crippen molar-refractivity contribution in [2.24, 2.45) is 5.92 Å². The molecule has 0 saturated heterocycles.